The standard InChI is InChI=1S/C18H19N3O5/c1-10(2)26-17-15(21(22)23)7-11(8-16(17)25-4)18-19-13-6-5-12(24-3)9-14(13)20-18/h5-10H,1-4H3,(H,19,20). The van der Waals surface area contributed by atoms with Crippen molar-refractivity contribution in [2.45, 2.75) is 20.0 Å². The lowest BCUT2D eigenvalue weighted by molar-refractivity contribution is -0.386. The number of nitrogens with zero attached hydrogens (tertiary/aromatic N) is 2. The highest BCUT2D eigenvalue weighted by molar-refractivity contribution is 5.82. The number of nitrogens with one attached hydrogen (secondary N) is 1. The summed E-state index contributed by atoms with van der Waals surface area (Å²) in [6.07, 6.45) is -0.230. The quantitative estimate of drug-likeness (QED) is 0.530. The highest BCUT2D eigenvalue weighted by atomic mass is 16.6. The molecule has 8 heteroatoms. The number of aromatic amines is 1. The van der Waals surface area contributed by atoms with E-state index in [2.05, 4.69) is 9.97 Å². The van der Waals surface area contributed by atoms with Gasteiger partial charge in [-0.25, -0.2) is 4.98 Å². The maximum Gasteiger partial charge on any atom is 0.315 e. The lowest BCUT2D eigenvalue weighted by atomic mass is 10.1. The molecule has 2 aromatic carbocycles. The van der Waals surface area contributed by atoms with Crippen LogP contribution >= 0.6 is 0 Å². The van der Waals surface area contributed by atoms with Gasteiger partial charge in [0.1, 0.15) is 11.6 Å². The molecule has 1 heterocycles. The fourth-order valence-electron chi connectivity index (χ4n) is 2.62. The molecule has 0 saturated heterocycles. The minimum atomic E-state index is -0.491. The molecule has 26 heavy (non-hydrogen) atoms. The van der Waals surface area contributed by atoms with Crippen molar-refractivity contribution in [2.24, 2.45) is 0 Å². The zero-order valence-electron chi connectivity index (χ0n) is 14.9. The number of nitro groups is 1. The molecule has 1 N–H and O–H groups in total. The van der Waals surface area contributed by atoms with Crippen LogP contribution in [0.3, 0.4) is 0 Å². The Bertz CT molecular complexity index is 965. The van der Waals surface area contributed by atoms with Crippen LogP contribution in [0.4, 0.5) is 5.69 Å². The van der Waals surface area contributed by atoms with Crippen LogP contribution in [-0.2, 0) is 0 Å². The number of nitro benzene ring substituents is 1. The Morgan fingerprint density at radius 3 is 2.54 bits per heavy atom. The molecule has 0 radical (unpaired) electrons. The Hall–Kier alpha value is -3.29. The van der Waals surface area contributed by atoms with E-state index < -0.39 is 4.92 Å². The fourth-order valence-corrected chi connectivity index (χ4v) is 2.62. The third-order valence-electron chi connectivity index (χ3n) is 3.77. The minimum absolute atomic E-state index is 0.106. The van der Waals surface area contributed by atoms with Crippen LogP contribution in [0.15, 0.2) is 30.3 Å². The fraction of sp³-hybridized carbons (Fsp3) is 0.278. The highest BCUT2D eigenvalue weighted by Crippen LogP contribution is 2.41. The third-order valence-corrected chi connectivity index (χ3v) is 3.77. The highest BCUT2D eigenvalue weighted by Gasteiger charge is 2.24. The van der Waals surface area contributed by atoms with Crippen LogP contribution in [0.2, 0.25) is 0 Å². The molecule has 0 aliphatic heterocycles. The van der Waals surface area contributed by atoms with Gasteiger partial charge in [0.15, 0.2) is 5.75 Å². The van der Waals surface area contributed by atoms with E-state index in [1.165, 1.54) is 13.2 Å². The summed E-state index contributed by atoms with van der Waals surface area (Å²) in [5.41, 5.74) is 1.85. The van der Waals surface area contributed by atoms with Crippen LogP contribution in [0.1, 0.15) is 13.8 Å². The molecule has 0 atom stereocenters. The molecule has 8 nitrogen and oxygen atoms in total. The molecule has 0 amide bonds. The van der Waals surface area contributed by atoms with Crippen LogP contribution in [0.5, 0.6) is 17.2 Å². The summed E-state index contributed by atoms with van der Waals surface area (Å²) in [5.74, 6) is 1.57. The molecule has 136 valence electrons. The number of imidazole rings is 1. The SMILES string of the molecule is COc1ccc2nc(-c3cc(OC)c(OC(C)C)c([N+](=O)[O-])c3)[nH]c2c1. The van der Waals surface area contributed by atoms with E-state index in [1.807, 2.05) is 12.1 Å². The number of ether oxygens (including phenoxy) is 3. The van der Waals surface area contributed by atoms with Gasteiger partial charge < -0.3 is 19.2 Å². The molecule has 3 rings (SSSR count). The predicted octanol–water partition coefficient (Wildman–Crippen LogP) is 3.94. The first kappa shape index (κ1) is 17.5. The first-order valence-electron chi connectivity index (χ1n) is 8.00. The molecule has 0 spiro atoms. The van der Waals surface area contributed by atoms with Gasteiger partial charge in [0.25, 0.3) is 0 Å². The Labute approximate surface area is 149 Å². The molecule has 3 aromatic rings. The molecule has 0 bridgehead atoms. The second kappa shape index (κ2) is 6.91. The number of fused-ring (bicyclic) bond motifs is 1. The van der Waals surface area contributed by atoms with E-state index >= 15 is 0 Å². The summed E-state index contributed by atoms with van der Waals surface area (Å²) in [6, 6.07) is 8.52. The third kappa shape index (κ3) is 3.26. The first-order chi connectivity index (χ1) is 12.4. The average molecular weight is 357 g/mol. The first-order valence-corrected chi connectivity index (χ1v) is 8.00. The van der Waals surface area contributed by atoms with E-state index in [-0.39, 0.29) is 23.3 Å². The summed E-state index contributed by atoms with van der Waals surface area (Å²) < 4.78 is 16.1. The number of hydrogen-bond donors (Lipinski definition) is 1. The number of H-pyrrole nitrogens is 1. The molecule has 0 fully saturated rings. The minimum Gasteiger partial charge on any atom is -0.497 e. The Kier molecular flexibility index (Phi) is 4.66. The second-order valence-electron chi connectivity index (χ2n) is 5.92. The number of hydrogen-bond acceptors (Lipinski definition) is 6. The summed E-state index contributed by atoms with van der Waals surface area (Å²) >= 11 is 0. The zero-order valence-corrected chi connectivity index (χ0v) is 14.9. The Morgan fingerprint density at radius 1 is 1.15 bits per heavy atom. The number of rotatable bonds is 6. The van der Waals surface area contributed by atoms with E-state index in [0.29, 0.717) is 17.1 Å². The van der Waals surface area contributed by atoms with Gasteiger partial charge in [-0.1, -0.05) is 0 Å². The molecular weight excluding hydrogens is 338 g/mol. The Balaban J connectivity index is 2.15. The van der Waals surface area contributed by atoms with Gasteiger partial charge in [0.05, 0.1) is 36.3 Å². The molecule has 0 aliphatic rings. The molecule has 0 saturated carbocycles. The Morgan fingerprint density at radius 2 is 1.92 bits per heavy atom. The largest absolute Gasteiger partial charge is 0.497 e. The number of methoxy groups -OCH3 is 2. The second-order valence-corrected chi connectivity index (χ2v) is 5.92. The van der Waals surface area contributed by atoms with Crippen molar-refractivity contribution < 1.29 is 19.1 Å². The number of aromatic nitrogens is 2. The van der Waals surface area contributed by atoms with E-state index in [4.69, 9.17) is 14.2 Å². The van der Waals surface area contributed by atoms with Gasteiger partial charge in [0.2, 0.25) is 5.75 Å². The van der Waals surface area contributed by atoms with Crippen molar-refractivity contribution in [3.05, 3.63) is 40.4 Å². The predicted molar refractivity (Wildman–Crippen MR) is 97.1 cm³/mol. The lowest BCUT2D eigenvalue weighted by Crippen LogP contribution is -2.09. The van der Waals surface area contributed by atoms with E-state index in [9.17, 15) is 10.1 Å². The van der Waals surface area contributed by atoms with E-state index in [1.54, 1.807) is 33.1 Å². The zero-order chi connectivity index (χ0) is 18.8. The maximum atomic E-state index is 11.5. The monoisotopic (exact) mass is 357 g/mol. The van der Waals surface area contributed by atoms with Gasteiger partial charge in [0, 0.05) is 17.7 Å². The maximum absolute atomic E-state index is 11.5. The molecule has 1 aromatic heterocycles. The van der Waals surface area contributed by atoms with Crippen molar-refractivity contribution in [1.29, 1.82) is 0 Å². The molecule has 0 unspecified atom stereocenters. The smallest absolute Gasteiger partial charge is 0.315 e. The normalized spacial score (nSPS) is 11.0. The van der Waals surface area contributed by atoms with Crippen molar-refractivity contribution in [2.75, 3.05) is 14.2 Å². The lowest BCUT2D eigenvalue weighted by Gasteiger charge is -2.14. The molecule has 0 aliphatic carbocycles. The van der Waals surface area contributed by atoms with Crippen molar-refractivity contribution in [3.63, 3.8) is 0 Å². The summed E-state index contributed by atoms with van der Waals surface area (Å²) in [7, 11) is 3.03. The van der Waals surface area contributed by atoms with Gasteiger partial charge in [-0.15, -0.1) is 0 Å². The summed E-state index contributed by atoms with van der Waals surface area (Å²) in [4.78, 5) is 18.7. The van der Waals surface area contributed by atoms with Crippen molar-refractivity contribution in [3.8, 4) is 28.6 Å². The van der Waals surface area contributed by atoms with Crippen molar-refractivity contribution in [1.82, 2.24) is 9.97 Å². The van der Waals surface area contributed by atoms with Crippen LogP contribution in [-0.4, -0.2) is 35.2 Å². The van der Waals surface area contributed by atoms with Gasteiger partial charge in [-0.2, -0.15) is 0 Å². The average Bonchev–Trinajstić information content (AvgIpc) is 3.04. The van der Waals surface area contributed by atoms with Gasteiger partial charge >= 0.3 is 5.69 Å². The van der Waals surface area contributed by atoms with Crippen LogP contribution in [0, 0.1) is 10.1 Å². The van der Waals surface area contributed by atoms with Crippen LogP contribution < -0.4 is 14.2 Å². The van der Waals surface area contributed by atoms with Gasteiger partial charge in [-0.05, 0) is 32.0 Å². The van der Waals surface area contributed by atoms with Gasteiger partial charge in [-0.3, -0.25) is 10.1 Å². The van der Waals surface area contributed by atoms with E-state index in [0.717, 1.165) is 11.0 Å². The summed E-state index contributed by atoms with van der Waals surface area (Å²) in [6.45, 7) is 3.59. The summed E-state index contributed by atoms with van der Waals surface area (Å²) in [5, 5.41) is 11.5. The number of benzene rings is 2. The topological polar surface area (TPSA) is 99.5 Å². The molecular formula is C18H19N3O5. The van der Waals surface area contributed by atoms with Crippen molar-refractivity contribution >= 4 is 16.7 Å². The van der Waals surface area contributed by atoms with Crippen LogP contribution in [0.25, 0.3) is 22.4 Å².